The number of nitriles is 1. The molecule has 0 bridgehead atoms. The minimum absolute atomic E-state index is 0.0342. The van der Waals surface area contributed by atoms with E-state index in [2.05, 4.69) is 17.6 Å². The van der Waals surface area contributed by atoms with Crippen molar-refractivity contribution in [2.45, 2.75) is 43.4 Å². The maximum Gasteiger partial charge on any atom is 0.323 e. The molecule has 0 radical (unpaired) electrons. The Hall–Kier alpha value is -1.32. The Bertz CT molecular complexity index is 612. The summed E-state index contributed by atoms with van der Waals surface area (Å²) in [5.41, 5.74) is 1.86. The molecule has 2 rings (SSSR count). The van der Waals surface area contributed by atoms with Gasteiger partial charge in [0.1, 0.15) is 6.04 Å². The van der Waals surface area contributed by atoms with E-state index in [4.69, 9.17) is 0 Å². The molecule has 0 spiro atoms. The zero-order valence-corrected chi connectivity index (χ0v) is 15.6. The molecule has 0 aliphatic carbocycles. The van der Waals surface area contributed by atoms with Crippen LogP contribution in [0.2, 0.25) is 0 Å². The highest BCUT2D eigenvalue weighted by Gasteiger charge is 2.49. The van der Waals surface area contributed by atoms with Gasteiger partial charge < -0.3 is 5.32 Å². The molecular weight excluding hydrogens is 326 g/mol. The number of nitrogens with zero attached hydrogens (tertiary/aromatic N) is 2. The minimum Gasteiger partial charge on any atom is -0.308 e. The molecule has 0 saturated carbocycles. The van der Waals surface area contributed by atoms with Crippen LogP contribution in [0.5, 0.6) is 0 Å². The second kappa shape index (κ2) is 7.50. The van der Waals surface area contributed by atoms with Gasteiger partial charge in [0.05, 0.1) is 11.4 Å². The molecule has 2 unspecified atom stereocenters. The number of aryl methyl sites for hydroxylation is 1. The summed E-state index contributed by atoms with van der Waals surface area (Å²) in [6.07, 6.45) is 2.94. The number of hydrogen-bond acceptors (Lipinski definition) is 4. The van der Waals surface area contributed by atoms with E-state index in [1.54, 1.807) is 28.4 Å². The number of amides is 2. The first-order chi connectivity index (χ1) is 10.9. The molecule has 1 aromatic rings. The van der Waals surface area contributed by atoms with Crippen LogP contribution in [0.3, 0.4) is 0 Å². The fourth-order valence-corrected chi connectivity index (χ4v) is 4.94. The van der Waals surface area contributed by atoms with Crippen molar-refractivity contribution < 1.29 is 4.79 Å². The van der Waals surface area contributed by atoms with Gasteiger partial charge in [-0.25, -0.2) is 4.79 Å². The summed E-state index contributed by atoms with van der Waals surface area (Å²) in [5, 5.41) is 12.6. The van der Waals surface area contributed by atoms with Gasteiger partial charge in [-0.1, -0.05) is 12.1 Å². The van der Waals surface area contributed by atoms with Crippen LogP contribution in [0, 0.1) is 18.3 Å². The van der Waals surface area contributed by atoms with Crippen LogP contribution < -0.4 is 5.32 Å². The highest BCUT2D eigenvalue weighted by atomic mass is 32.2. The second-order valence-electron chi connectivity index (χ2n) is 6.20. The van der Waals surface area contributed by atoms with Gasteiger partial charge in [-0.2, -0.15) is 17.0 Å². The standard InChI is InChI=1S/C17H23N3OS2/c1-12-6-5-7-13(10-12)19-16(21)20-14(11-18)17(2,3)23-15(20)8-9-22-4/h5-7,10,14-15H,8-9H2,1-4H3,(H,19,21). The summed E-state index contributed by atoms with van der Waals surface area (Å²) in [7, 11) is 0. The number of rotatable bonds is 4. The minimum atomic E-state index is -0.427. The van der Waals surface area contributed by atoms with Gasteiger partial charge in [-0.05, 0) is 56.9 Å². The zero-order chi connectivity index (χ0) is 17.0. The lowest BCUT2D eigenvalue weighted by atomic mass is 10.0. The van der Waals surface area contributed by atoms with E-state index < -0.39 is 6.04 Å². The maximum absolute atomic E-state index is 12.8. The summed E-state index contributed by atoms with van der Waals surface area (Å²) in [6, 6.07) is 9.43. The quantitative estimate of drug-likeness (QED) is 0.879. The van der Waals surface area contributed by atoms with Crippen molar-refractivity contribution >= 4 is 35.2 Å². The van der Waals surface area contributed by atoms with Crippen molar-refractivity contribution in [1.29, 1.82) is 5.26 Å². The van der Waals surface area contributed by atoms with E-state index >= 15 is 0 Å². The molecule has 23 heavy (non-hydrogen) atoms. The lowest BCUT2D eigenvalue weighted by Gasteiger charge is -2.28. The van der Waals surface area contributed by atoms with Crippen molar-refractivity contribution in [3.8, 4) is 6.07 Å². The summed E-state index contributed by atoms with van der Waals surface area (Å²) < 4.78 is -0.262. The van der Waals surface area contributed by atoms with Crippen LogP contribution in [0.1, 0.15) is 25.8 Å². The van der Waals surface area contributed by atoms with Crippen LogP contribution in [0.4, 0.5) is 10.5 Å². The number of thioether (sulfide) groups is 2. The Morgan fingerprint density at radius 1 is 1.52 bits per heavy atom. The Kier molecular flexibility index (Phi) is 5.88. The van der Waals surface area contributed by atoms with Crippen molar-refractivity contribution in [3.05, 3.63) is 29.8 Å². The van der Waals surface area contributed by atoms with Crippen LogP contribution >= 0.6 is 23.5 Å². The molecular formula is C17H23N3OS2. The smallest absolute Gasteiger partial charge is 0.308 e. The largest absolute Gasteiger partial charge is 0.323 e. The average Bonchev–Trinajstić information content (AvgIpc) is 2.75. The third-order valence-corrected chi connectivity index (χ3v) is 6.09. The third-order valence-electron chi connectivity index (χ3n) is 3.88. The van der Waals surface area contributed by atoms with Gasteiger partial charge in [0.25, 0.3) is 0 Å². The SMILES string of the molecule is CSCCC1SC(C)(C)C(C#N)N1C(=O)Nc1cccc(C)c1. The third kappa shape index (κ3) is 4.15. The Morgan fingerprint density at radius 2 is 2.26 bits per heavy atom. The molecule has 4 nitrogen and oxygen atoms in total. The molecule has 1 aromatic carbocycles. The number of urea groups is 1. The summed E-state index contributed by atoms with van der Waals surface area (Å²) in [5.74, 6) is 0.972. The molecule has 1 aliphatic heterocycles. The average molecular weight is 350 g/mol. The van der Waals surface area contributed by atoms with Crippen molar-refractivity contribution in [1.82, 2.24) is 4.90 Å². The summed E-state index contributed by atoms with van der Waals surface area (Å²) >= 11 is 3.48. The molecule has 2 amide bonds. The first kappa shape index (κ1) is 18.0. The van der Waals surface area contributed by atoms with Gasteiger partial charge in [-0.3, -0.25) is 4.90 Å². The Morgan fingerprint density at radius 3 is 2.87 bits per heavy atom. The fourth-order valence-electron chi connectivity index (χ4n) is 2.77. The van der Waals surface area contributed by atoms with Crippen LogP contribution in [0.15, 0.2) is 24.3 Å². The first-order valence-electron chi connectivity index (χ1n) is 7.61. The van der Waals surface area contributed by atoms with Gasteiger partial charge in [0.2, 0.25) is 0 Å². The summed E-state index contributed by atoms with van der Waals surface area (Å²) in [4.78, 5) is 14.5. The van der Waals surface area contributed by atoms with Crippen LogP contribution in [-0.2, 0) is 0 Å². The van der Waals surface area contributed by atoms with Crippen LogP contribution in [0.25, 0.3) is 0 Å². The zero-order valence-electron chi connectivity index (χ0n) is 14.0. The van der Waals surface area contributed by atoms with Gasteiger partial charge in [0, 0.05) is 10.4 Å². The Labute approximate surface area is 147 Å². The van der Waals surface area contributed by atoms with E-state index in [9.17, 15) is 10.1 Å². The van der Waals surface area contributed by atoms with E-state index in [-0.39, 0.29) is 16.2 Å². The molecule has 1 heterocycles. The molecule has 2 atom stereocenters. The molecule has 124 valence electrons. The molecule has 1 N–H and O–H groups in total. The molecule has 1 fully saturated rings. The van der Waals surface area contributed by atoms with Crippen molar-refractivity contribution in [2.75, 3.05) is 17.3 Å². The molecule has 1 saturated heterocycles. The van der Waals surface area contributed by atoms with E-state index in [0.717, 1.165) is 23.4 Å². The number of nitrogens with one attached hydrogen (secondary N) is 1. The topological polar surface area (TPSA) is 56.1 Å². The molecule has 6 heteroatoms. The fraction of sp³-hybridized carbons (Fsp3) is 0.529. The monoisotopic (exact) mass is 349 g/mol. The summed E-state index contributed by atoms with van der Waals surface area (Å²) in [6.45, 7) is 6.07. The van der Waals surface area contributed by atoms with Gasteiger partial charge in [0.15, 0.2) is 0 Å². The highest BCUT2D eigenvalue weighted by Crippen LogP contribution is 2.45. The van der Waals surface area contributed by atoms with Crippen molar-refractivity contribution in [3.63, 3.8) is 0 Å². The highest BCUT2D eigenvalue weighted by molar-refractivity contribution is 8.01. The predicted molar refractivity (Wildman–Crippen MR) is 99.9 cm³/mol. The lowest BCUT2D eigenvalue weighted by molar-refractivity contribution is 0.194. The van der Waals surface area contributed by atoms with Crippen LogP contribution in [-0.4, -0.2) is 39.1 Å². The van der Waals surface area contributed by atoms with E-state index in [1.807, 2.05) is 45.0 Å². The van der Waals surface area contributed by atoms with Gasteiger partial charge >= 0.3 is 6.03 Å². The molecule has 1 aliphatic rings. The molecule has 0 aromatic heterocycles. The second-order valence-corrected chi connectivity index (χ2v) is 9.01. The van der Waals surface area contributed by atoms with Gasteiger partial charge in [-0.15, -0.1) is 11.8 Å². The predicted octanol–water partition coefficient (Wildman–Crippen LogP) is 4.33. The number of carbonyl (C=O) groups excluding carboxylic acids is 1. The Balaban J connectivity index is 2.21. The van der Waals surface area contributed by atoms with E-state index in [1.165, 1.54) is 0 Å². The maximum atomic E-state index is 12.8. The van der Waals surface area contributed by atoms with E-state index in [0.29, 0.717) is 0 Å². The number of anilines is 1. The number of hydrogen-bond donors (Lipinski definition) is 1. The normalized spacial score (nSPS) is 22.7. The van der Waals surface area contributed by atoms with Crippen molar-refractivity contribution in [2.24, 2.45) is 0 Å². The number of benzene rings is 1. The number of carbonyl (C=O) groups is 1. The lowest BCUT2D eigenvalue weighted by Crippen LogP contribution is -2.47. The first-order valence-corrected chi connectivity index (χ1v) is 9.88.